The number of amides is 1. The average Bonchev–Trinajstić information content (AvgIpc) is 3.37. The molecule has 4 aromatic rings. The predicted octanol–water partition coefficient (Wildman–Crippen LogP) is 3.76. The summed E-state index contributed by atoms with van der Waals surface area (Å²) in [7, 11) is 1.27. The SMILES string of the molecule is COC(=O)c1ccc2c(=O)n(Cc3ccco3)c(SCC(=O)c3ccc(NC(C)=O)cc3)nc2c1. The van der Waals surface area contributed by atoms with E-state index in [-0.39, 0.29) is 35.1 Å². The van der Waals surface area contributed by atoms with Crippen molar-refractivity contribution in [1.29, 1.82) is 0 Å². The number of nitrogens with one attached hydrogen (secondary N) is 1. The minimum absolute atomic E-state index is 0.0201. The minimum Gasteiger partial charge on any atom is -0.467 e. The molecule has 4 rings (SSSR count). The van der Waals surface area contributed by atoms with Gasteiger partial charge in [0.05, 0.1) is 42.1 Å². The highest BCUT2D eigenvalue weighted by atomic mass is 32.2. The number of thioether (sulfide) groups is 1. The highest BCUT2D eigenvalue weighted by Crippen LogP contribution is 2.22. The molecule has 0 unspecified atom stereocenters. The largest absolute Gasteiger partial charge is 0.467 e. The number of carbonyl (C=O) groups is 3. The number of methoxy groups -OCH3 is 1. The van der Waals surface area contributed by atoms with E-state index in [0.717, 1.165) is 11.8 Å². The zero-order chi connectivity index (χ0) is 24.9. The second-order valence-electron chi connectivity index (χ2n) is 7.56. The normalized spacial score (nSPS) is 10.8. The van der Waals surface area contributed by atoms with Crippen LogP contribution in [0.25, 0.3) is 10.9 Å². The van der Waals surface area contributed by atoms with E-state index < -0.39 is 5.97 Å². The lowest BCUT2D eigenvalue weighted by atomic mass is 10.1. The maximum Gasteiger partial charge on any atom is 0.337 e. The number of furan rings is 1. The van der Waals surface area contributed by atoms with Crippen molar-refractivity contribution in [3.8, 4) is 0 Å². The summed E-state index contributed by atoms with van der Waals surface area (Å²) in [5.41, 5.74) is 1.31. The van der Waals surface area contributed by atoms with Gasteiger partial charge in [-0.2, -0.15) is 0 Å². The molecule has 0 aliphatic rings. The summed E-state index contributed by atoms with van der Waals surface area (Å²) in [5.74, 6) is -0.341. The summed E-state index contributed by atoms with van der Waals surface area (Å²) in [4.78, 5) is 53.8. The third kappa shape index (κ3) is 5.49. The third-order valence-corrected chi connectivity index (χ3v) is 6.07. The van der Waals surface area contributed by atoms with Gasteiger partial charge in [0.1, 0.15) is 5.76 Å². The maximum absolute atomic E-state index is 13.3. The van der Waals surface area contributed by atoms with E-state index >= 15 is 0 Å². The Kier molecular flexibility index (Phi) is 7.11. The molecule has 0 bridgehead atoms. The maximum atomic E-state index is 13.3. The summed E-state index contributed by atoms with van der Waals surface area (Å²) in [6, 6.07) is 14.5. The lowest BCUT2D eigenvalue weighted by Gasteiger charge is -2.12. The van der Waals surface area contributed by atoms with Crippen molar-refractivity contribution in [3.63, 3.8) is 0 Å². The quantitative estimate of drug-likeness (QED) is 0.171. The number of nitrogens with zero attached hydrogens (tertiary/aromatic N) is 2. The molecule has 0 radical (unpaired) electrons. The zero-order valence-electron chi connectivity index (χ0n) is 18.9. The van der Waals surface area contributed by atoms with Gasteiger partial charge in [-0.25, -0.2) is 9.78 Å². The number of esters is 1. The molecule has 0 spiro atoms. The Morgan fingerprint density at radius 2 is 1.83 bits per heavy atom. The van der Waals surface area contributed by atoms with Gasteiger partial charge in [0.15, 0.2) is 10.9 Å². The predicted molar refractivity (Wildman–Crippen MR) is 131 cm³/mol. The summed E-state index contributed by atoms with van der Waals surface area (Å²) in [6.07, 6.45) is 1.51. The number of anilines is 1. The van der Waals surface area contributed by atoms with Crippen LogP contribution in [-0.4, -0.2) is 40.1 Å². The Morgan fingerprint density at radius 1 is 1.09 bits per heavy atom. The standard InChI is InChI=1S/C25H21N3O6S/c1-15(29)26-18-8-5-16(6-9-18)22(30)14-35-25-27-21-12-17(24(32)33-2)7-10-20(21)23(31)28(25)13-19-4-3-11-34-19/h3-12H,13-14H2,1-2H3,(H,26,29). The van der Waals surface area contributed by atoms with E-state index in [1.165, 1.54) is 43.1 Å². The van der Waals surface area contributed by atoms with Crippen LogP contribution in [0.2, 0.25) is 0 Å². The molecular formula is C25H21N3O6S. The van der Waals surface area contributed by atoms with E-state index in [1.807, 2.05) is 0 Å². The van der Waals surface area contributed by atoms with Gasteiger partial charge in [-0.1, -0.05) is 11.8 Å². The van der Waals surface area contributed by atoms with Crippen molar-refractivity contribution in [2.45, 2.75) is 18.6 Å². The third-order valence-electron chi connectivity index (χ3n) is 5.10. The van der Waals surface area contributed by atoms with Crippen molar-refractivity contribution in [1.82, 2.24) is 9.55 Å². The number of Topliss-reactive ketones (excluding diaryl/α,β-unsaturated/α-hetero) is 1. The molecule has 0 aliphatic carbocycles. The Bertz CT molecular complexity index is 1460. The lowest BCUT2D eigenvalue weighted by Crippen LogP contribution is -2.24. The van der Waals surface area contributed by atoms with Crippen LogP contribution in [0.5, 0.6) is 0 Å². The number of hydrogen-bond donors (Lipinski definition) is 1. The van der Waals surface area contributed by atoms with Crippen molar-refractivity contribution < 1.29 is 23.5 Å². The van der Waals surface area contributed by atoms with Crippen LogP contribution in [0.4, 0.5) is 5.69 Å². The van der Waals surface area contributed by atoms with Crippen molar-refractivity contribution in [2.75, 3.05) is 18.2 Å². The number of ketones is 1. The lowest BCUT2D eigenvalue weighted by molar-refractivity contribution is -0.114. The minimum atomic E-state index is -0.541. The van der Waals surface area contributed by atoms with Crippen LogP contribution in [-0.2, 0) is 16.1 Å². The average molecular weight is 492 g/mol. The fourth-order valence-corrected chi connectivity index (χ4v) is 4.30. The fraction of sp³-hybridized carbons (Fsp3) is 0.160. The zero-order valence-corrected chi connectivity index (χ0v) is 19.8. The van der Waals surface area contributed by atoms with Gasteiger partial charge in [-0.05, 0) is 54.6 Å². The highest BCUT2D eigenvalue weighted by molar-refractivity contribution is 7.99. The van der Waals surface area contributed by atoms with Crippen molar-refractivity contribution in [3.05, 3.63) is 88.1 Å². The van der Waals surface area contributed by atoms with Crippen LogP contribution in [0.3, 0.4) is 0 Å². The Hall–Kier alpha value is -4.18. The first-order valence-corrected chi connectivity index (χ1v) is 11.5. The number of fused-ring (bicyclic) bond motifs is 1. The molecule has 1 amide bonds. The molecule has 0 saturated carbocycles. The van der Waals surface area contributed by atoms with Crippen molar-refractivity contribution in [2.24, 2.45) is 0 Å². The van der Waals surface area contributed by atoms with E-state index in [2.05, 4.69) is 10.3 Å². The molecule has 1 N–H and O–H groups in total. The van der Waals surface area contributed by atoms with Gasteiger partial charge in [0.25, 0.3) is 5.56 Å². The number of aromatic nitrogens is 2. The first kappa shape index (κ1) is 24.0. The highest BCUT2D eigenvalue weighted by Gasteiger charge is 2.17. The Balaban J connectivity index is 1.65. The van der Waals surface area contributed by atoms with E-state index in [9.17, 15) is 19.2 Å². The molecule has 178 valence electrons. The number of ether oxygens (including phenoxy) is 1. The first-order chi connectivity index (χ1) is 16.9. The molecule has 0 saturated heterocycles. The van der Waals surface area contributed by atoms with Gasteiger partial charge < -0.3 is 14.5 Å². The van der Waals surface area contributed by atoms with E-state index in [4.69, 9.17) is 9.15 Å². The fourth-order valence-electron chi connectivity index (χ4n) is 3.41. The van der Waals surface area contributed by atoms with Gasteiger partial charge in [0, 0.05) is 18.2 Å². The smallest absolute Gasteiger partial charge is 0.337 e. The molecular weight excluding hydrogens is 470 g/mol. The van der Waals surface area contributed by atoms with Crippen LogP contribution in [0.1, 0.15) is 33.4 Å². The summed E-state index contributed by atoms with van der Waals surface area (Å²) >= 11 is 1.11. The molecule has 9 nitrogen and oxygen atoms in total. The van der Waals surface area contributed by atoms with Gasteiger partial charge in [-0.3, -0.25) is 19.0 Å². The topological polar surface area (TPSA) is 121 Å². The molecule has 0 atom stereocenters. The summed E-state index contributed by atoms with van der Waals surface area (Å²) < 4.78 is 11.6. The molecule has 0 fully saturated rings. The Morgan fingerprint density at radius 3 is 2.49 bits per heavy atom. The van der Waals surface area contributed by atoms with Crippen LogP contribution < -0.4 is 10.9 Å². The number of benzene rings is 2. The van der Waals surface area contributed by atoms with Crippen molar-refractivity contribution >= 4 is 46.0 Å². The van der Waals surface area contributed by atoms with Gasteiger partial charge in [-0.15, -0.1) is 0 Å². The van der Waals surface area contributed by atoms with Gasteiger partial charge in [0.2, 0.25) is 5.91 Å². The second-order valence-corrected chi connectivity index (χ2v) is 8.50. The number of hydrogen-bond acceptors (Lipinski definition) is 8. The molecule has 35 heavy (non-hydrogen) atoms. The van der Waals surface area contributed by atoms with Crippen LogP contribution >= 0.6 is 11.8 Å². The molecule has 0 aliphatic heterocycles. The molecule has 2 aromatic carbocycles. The molecule has 10 heteroatoms. The number of carbonyl (C=O) groups excluding carboxylic acids is 3. The summed E-state index contributed by atoms with van der Waals surface area (Å²) in [6.45, 7) is 1.54. The molecule has 2 heterocycles. The Labute approximate surface area is 204 Å². The van der Waals surface area contributed by atoms with Crippen LogP contribution in [0.15, 0.2) is 75.2 Å². The number of rotatable bonds is 8. The summed E-state index contributed by atoms with van der Waals surface area (Å²) in [5, 5.41) is 3.29. The molecule has 2 aromatic heterocycles. The van der Waals surface area contributed by atoms with Crippen LogP contribution in [0, 0.1) is 0 Å². The van der Waals surface area contributed by atoms with Gasteiger partial charge >= 0.3 is 5.97 Å². The van der Waals surface area contributed by atoms with E-state index in [1.54, 1.807) is 36.4 Å². The monoisotopic (exact) mass is 491 g/mol. The van der Waals surface area contributed by atoms with E-state index in [0.29, 0.717) is 33.1 Å². The first-order valence-electron chi connectivity index (χ1n) is 10.5. The second kappa shape index (κ2) is 10.4.